The van der Waals surface area contributed by atoms with Gasteiger partial charge in [0.15, 0.2) is 11.5 Å². The van der Waals surface area contributed by atoms with Crippen molar-refractivity contribution in [3.05, 3.63) is 76.0 Å². The summed E-state index contributed by atoms with van der Waals surface area (Å²) in [6.45, 7) is 0.211. The first-order chi connectivity index (χ1) is 17.5. The van der Waals surface area contributed by atoms with Crippen LogP contribution < -0.4 is 25.1 Å². The quantitative estimate of drug-likeness (QED) is 0.351. The summed E-state index contributed by atoms with van der Waals surface area (Å²) in [4.78, 5) is 29.4. The Labute approximate surface area is 212 Å². The number of carbonyl (C=O) groups excluding carboxylic acids is 1. The third-order valence-corrected chi connectivity index (χ3v) is 6.35. The fourth-order valence-corrected chi connectivity index (χ4v) is 4.40. The lowest BCUT2D eigenvalue weighted by atomic mass is 10.1. The molecule has 0 atom stereocenters. The molecule has 0 fully saturated rings. The minimum atomic E-state index is -0.351. The van der Waals surface area contributed by atoms with E-state index in [1.807, 2.05) is 47.8 Å². The molecule has 4 aromatic rings. The lowest BCUT2D eigenvalue weighted by molar-refractivity contribution is -0.121. The average molecular weight is 507 g/mol. The van der Waals surface area contributed by atoms with Gasteiger partial charge < -0.3 is 19.5 Å². The summed E-state index contributed by atoms with van der Waals surface area (Å²) in [7, 11) is 4.77. The minimum Gasteiger partial charge on any atom is -0.497 e. The molecule has 186 valence electrons. The molecule has 4 rings (SSSR count). The summed E-state index contributed by atoms with van der Waals surface area (Å²) >= 11 is 1.52. The number of benzene rings is 2. The summed E-state index contributed by atoms with van der Waals surface area (Å²) in [5, 5.41) is 9.99. The predicted octanol–water partition coefficient (Wildman–Crippen LogP) is 3.42. The van der Waals surface area contributed by atoms with Gasteiger partial charge in [0.05, 0.1) is 32.7 Å². The number of hydrogen-bond donors (Lipinski definition) is 1. The van der Waals surface area contributed by atoms with E-state index in [-0.39, 0.29) is 18.0 Å². The second-order valence-electron chi connectivity index (χ2n) is 7.76. The number of nitrogens with zero attached hydrogens (tertiary/aromatic N) is 3. The number of methoxy groups -OCH3 is 3. The van der Waals surface area contributed by atoms with E-state index in [1.54, 1.807) is 27.4 Å². The lowest BCUT2D eigenvalue weighted by Crippen LogP contribution is -2.34. The van der Waals surface area contributed by atoms with Crippen molar-refractivity contribution < 1.29 is 19.0 Å². The van der Waals surface area contributed by atoms with E-state index in [0.29, 0.717) is 35.9 Å². The molecule has 0 radical (unpaired) electrons. The van der Waals surface area contributed by atoms with Crippen molar-refractivity contribution in [2.45, 2.75) is 13.0 Å². The molecule has 0 unspecified atom stereocenters. The van der Waals surface area contributed by atoms with Crippen molar-refractivity contribution in [2.24, 2.45) is 0 Å². The Bertz CT molecular complexity index is 1420. The molecule has 0 saturated heterocycles. The molecule has 2 aromatic carbocycles. The first-order valence-electron chi connectivity index (χ1n) is 11.2. The highest BCUT2D eigenvalue weighted by molar-refractivity contribution is 7.13. The van der Waals surface area contributed by atoms with Crippen LogP contribution in [0.4, 0.5) is 0 Å². The number of nitrogens with one attached hydrogen (secondary N) is 1. The van der Waals surface area contributed by atoms with Crippen LogP contribution in [0.15, 0.2) is 64.8 Å². The van der Waals surface area contributed by atoms with Gasteiger partial charge in [0.1, 0.15) is 17.3 Å². The normalized spacial score (nSPS) is 10.6. The standard InChI is InChI=1S/C26H26N4O5S/c1-33-20-6-4-5-17(13-20)21-8-10-25(32)30(29-21)15-24(31)27-12-11-19-16-36-26(28-19)18-7-9-22(34-2)23(14-18)35-3/h4-10,13-14,16H,11-12,15H2,1-3H3,(H,27,31). The smallest absolute Gasteiger partial charge is 0.267 e. The number of rotatable bonds is 10. The fraction of sp³-hybridized carbons (Fsp3) is 0.231. The topological polar surface area (TPSA) is 105 Å². The van der Waals surface area contributed by atoms with E-state index in [9.17, 15) is 9.59 Å². The molecule has 0 aliphatic carbocycles. The van der Waals surface area contributed by atoms with Crippen LogP contribution in [0.25, 0.3) is 21.8 Å². The van der Waals surface area contributed by atoms with E-state index in [2.05, 4.69) is 15.4 Å². The molecule has 0 bridgehead atoms. The van der Waals surface area contributed by atoms with Crippen molar-refractivity contribution in [1.82, 2.24) is 20.1 Å². The number of thiazole rings is 1. The van der Waals surface area contributed by atoms with Crippen LogP contribution in [-0.2, 0) is 17.8 Å². The zero-order valence-corrected chi connectivity index (χ0v) is 21.0. The van der Waals surface area contributed by atoms with Crippen molar-refractivity contribution in [3.8, 4) is 39.1 Å². The van der Waals surface area contributed by atoms with Gasteiger partial charge in [-0.3, -0.25) is 9.59 Å². The van der Waals surface area contributed by atoms with Crippen LogP contribution >= 0.6 is 11.3 Å². The molecule has 0 aliphatic heterocycles. The molecule has 36 heavy (non-hydrogen) atoms. The van der Waals surface area contributed by atoms with Gasteiger partial charge in [-0.25, -0.2) is 9.67 Å². The van der Waals surface area contributed by atoms with Gasteiger partial charge in [0.25, 0.3) is 5.56 Å². The number of carbonyl (C=O) groups is 1. The SMILES string of the molecule is COc1cccc(-c2ccc(=O)n(CC(=O)NCCc3csc(-c4ccc(OC)c(OC)c4)n3)n2)c1. The lowest BCUT2D eigenvalue weighted by Gasteiger charge is -2.09. The molecule has 2 aromatic heterocycles. The van der Waals surface area contributed by atoms with Crippen LogP contribution in [0, 0.1) is 0 Å². The third-order valence-electron chi connectivity index (χ3n) is 5.41. The van der Waals surface area contributed by atoms with E-state index in [4.69, 9.17) is 14.2 Å². The minimum absolute atomic E-state index is 0.176. The first-order valence-corrected chi connectivity index (χ1v) is 12.0. The highest BCUT2D eigenvalue weighted by Gasteiger charge is 2.11. The monoisotopic (exact) mass is 506 g/mol. The number of hydrogen-bond acceptors (Lipinski definition) is 8. The Morgan fingerprint density at radius 3 is 2.58 bits per heavy atom. The Balaban J connectivity index is 1.35. The summed E-state index contributed by atoms with van der Waals surface area (Å²) in [6.07, 6.45) is 0.557. The number of ether oxygens (including phenoxy) is 3. The summed E-state index contributed by atoms with van der Waals surface area (Å²) in [6, 6.07) is 16.0. The molecule has 2 heterocycles. The van der Waals surface area contributed by atoms with Crippen LogP contribution in [-0.4, -0.2) is 48.5 Å². The van der Waals surface area contributed by atoms with Crippen molar-refractivity contribution in [2.75, 3.05) is 27.9 Å². The van der Waals surface area contributed by atoms with Gasteiger partial charge in [-0.1, -0.05) is 12.1 Å². The molecule has 1 amide bonds. The molecule has 0 saturated carbocycles. The summed E-state index contributed by atoms with van der Waals surface area (Å²) in [5.74, 6) is 1.67. The highest BCUT2D eigenvalue weighted by atomic mass is 32.1. The van der Waals surface area contributed by atoms with Gasteiger partial charge >= 0.3 is 0 Å². The Kier molecular flexibility index (Phi) is 7.96. The van der Waals surface area contributed by atoms with Crippen molar-refractivity contribution in [3.63, 3.8) is 0 Å². The average Bonchev–Trinajstić information content (AvgIpc) is 3.38. The number of amides is 1. The van der Waals surface area contributed by atoms with E-state index >= 15 is 0 Å². The maximum atomic E-state index is 12.5. The molecule has 0 aliphatic rings. The van der Waals surface area contributed by atoms with E-state index < -0.39 is 0 Å². The van der Waals surface area contributed by atoms with Gasteiger partial charge in [0.2, 0.25) is 5.91 Å². The molecule has 0 spiro atoms. The van der Waals surface area contributed by atoms with Crippen LogP contribution in [0.3, 0.4) is 0 Å². The second-order valence-corrected chi connectivity index (χ2v) is 8.62. The molecular formula is C26H26N4O5S. The predicted molar refractivity (Wildman–Crippen MR) is 138 cm³/mol. The van der Waals surface area contributed by atoms with Gasteiger partial charge in [-0.2, -0.15) is 5.10 Å². The van der Waals surface area contributed by atoms with Crippen molar-refractivity contribution in [1.29, 1.82) is 0 Å². The van der Waals surface area contributed by atoms with Crippen LogP contribution in [0.5, 0.6) is 17.2 Å². The van der Waals surface area contributed by atoms with Crippen molar-refractivity contribution >= 4 is 17.2 Å². The number of aromatic nitrogens is 3. The fourth-order valence-electron chi connectivity index (χ4n) is 3.54. The van der Waals surface area contributed by atoms with Gasteiger partial charge in [-0.05, 0) is 36.4 Å². The maximum Gasteiger partial charge on any atom is 0.267 e. The van der Waals surface area contributed by atoms with E-state index in [0.717, 1.165) is 26.5 Å². The van der Waals surface area contributed by atoms with E-state index in [1.165, 1.54) is 17.4 Å². The zero-order valence-electron chi connectivity index (χ0n) is 20.2. The Hall–Kier alpha value is -4.18. The van der Waals surface area contributed by atoms with Gasteiger partial charge in [0, 0.05) is 35.5 Å². The first kappa shape index (κ1) is 24.9. The van der Waals surface area contributed by atoms with Crippen LogP contribution in [0.1, 0.15) is 5.69 Å². The third kappa shape index (κ3) is 5.89. The molecular weight excluding hydrogens is 480 g/mol. The highest BCUT2D eigenvalue weighted by Crippen LogP contribution is 2.33. The molecule has 1 N–H and O–H groups in total. The zero-order chi connectivity index (χ0) is 25.5. The van der Waals surface area contributed by atoms with Crippen LogP contribution in [0.2, 0.25) is 0 Å². The summed E-state index contributed by atoms with van der Waals surface area (Å²) in [5.41, 5.74) is 2.80. The molecule has 9 nitrogen and oxygen atoms in total. The maximum absolute atomic E-state index is 12.5. The second kappa shape index (κ2) is 11.5. The van der Waals surface area contributed by atoms with Gasteiger partial charge in [-0.15, -0.1) is 11.3 Å². The Morgan fingerprint density at radius 2 is 1.81 bits per heavy atom. The Morgan fingerprint density at radius 1 is 0.972 bits per heavy atom. The summed E-state index contributed by atoms with van der Waals surface area (Å²) < 4.78 is 17.1. The molecule has 10 heteroatoms. The largest absolute Gasteiger partial charge is 0.497 e.